The van der Waals surface area contributed by atoms with E-state index in [4.69, 9.17) is 0 Å². The Balaban J connectivity index is 1.96. The van der Waals surface area contributed by atoms with Crippen LogP contribution in [0.15, 0.2) is 109 Å². The quantitative estimate of drug-likeness (QED) is 0.176. The van der Waals surface area contributed by atoms with Gasteiger partial charge in [0.25, 0.3) is 0 Å². The first-order valence-electron chi connectivity index (χ1n) is 14.1. The van der Waals surface area contributed by atoms with Crippen molar-refractivity contribution in [3.8, 4) is 0 Å². The second-order valence-electron chi connectivity index (χ2n) is 11.6. The van der Waals surface area contributed by atoms with E-state index in [1.54, 1.807) is 0 Å². The van der Waals surface area contributed by atoms with E-state index in [0.29, 0.717) is 0 Å². The number of hydrogen-bond acceptors (Lipinski definition) is 0. The fourth-order valence-corrected chi connectivity index (χ4v) is 7.90. The van der Waals surface area contributed by atoms with Crippen molar-refractivity contribution in [2.45, 2.75) is 41.5 Å². The molecule has 0 amide bonds. The van der Waals surface area contributed by atoms with E-state index in [-0.39, 0.29) is 0 Å². The molecule has 6 aromatic rings. The van der Waals surface area contributed by atoms with E-state index in [1.807, 2.05) is 0 Å². The molecule has 6 aromatic carbocycles. The molecular formula is C38H36B-. The third-order valence-electron chi connectivity index (χ3n) is 8.91. The van der Waals surface area contributed by atoms with Crippen molar-refractivity contribution in [1.29, 1.82) is 0 Å². The molecule has 0 saturated carbocycles. The third-order valence-corrected chi connectivity index (χ3v) is 8.91. The third kappa shape index (κ3) is 3.91. The van der Waals surface area contributed by atoms with Crippen LogP contribution in [0.3, 0.4) is 0 Å². The van der Waals surface area contributed by atoms with Gasteiger partial charge in [-0.25, -0.2) is 0 Å². The second kappa shape index (κ2) is 9.58. The monoisotopic (exact) mass is 503 g/mol. The van der Waals surface area contributed by atoms with Crippen molar-refractivity contribution >= 4 is 49.5 Å². The van der Waals surface area contributed by atoms with Gasteiger partial charge >= 0.3 is 0 Å². The van der Waals surface area contributed by atoms with Crippen LogP contribution in [0.2, 0.25) is 0 Å². The van der Waals surface area contributed by atoms with Gasteiger partial charge in [-0.1, -0.05) is 148 Å². The summed E-state index contributed by atoms with van der Waals surface area (Å²) in [6.07, 6.45) is -1.54. The predicted molar refractivity (Wildman–Crippen MR) is 173 cm³/mol. The molecule has 0 atom stereocenters. The Bertz CT molecular complexity index is 1760. The summed E-state index contributed by atoms with van der Waals surface area (Å²) in [6.45, 7) is 13.7. The summed E-state index contributed by atoms with van der Waals surface area (Å²) in [6, 6.07) is 41.2. The summed E-state index contributed by atoms with van der Waals surface area (Å²) in [5.41, 5.74) is 13.7. The number of rotatable bonds is 4. The number of aryl methyl sites for hydroxylation is 6. The smallest absolute Gasteiger partial charge is 0.110 e. The standard InChI is InChI=1S/C38H36B/c1-25-20-27(3)37(28(4)21-25)39(32-15-8-7-9-16-32,38-29(5)22-26(2)23-30(38)6)36-24-31-14-10-11-17-33(31)34-18-12-13-19-35(34)36/h7-24H,1-6H3/q-1. The Morgan fingerprint density at radius 3 is 1.38 bits per heavy atom. The molecule has 0 fully saturated rings. The molecule has 192 valence electrons. The normalized spacial score (nSPS) is 11.8. The lowest BCUT2D eigenvalue weighted by molar-refractivity contribution is 1.33. The minimum Gasteiger partial charge on any atom is -0.195 e. The number of hydrogen-bond donors (Lipinski definition) is 0. The van der Waals surface area contributed by atoms with Crippen molar-refractivity contribution in [2.75, 3.05) is 0 Å². The van der Waals surface area contributed by atoms with Crippen LogP contribution < -0.4 is 21.9 Å². The maximum Gasteiger partial charge on any atom is 0.110 e. The first-order valence-corrected chi connectivity index (χ1v) is 14.1. The summed E-state index contributed by atoms with van der Waals surface area (Å²) in [5, 5.41) is 5.25. The molecule has 39 heavy (non-hydrogen) atoms. The first-order chi connectivity index (χ1) is 18.8. The van der Waals surface area contributed by atoms with Gasteiger partial charge in [-0.15, -0.1) is 0 Å². The van der Waals surface area contributed by atoms with E-state index in [0.717, 1.165) is 0 Å². The lowest BCUT2D eigenvalue weighted by Crippen LogP contribution is -2.77. The summed E-state index contributed by atoms with van der Waals surface area (Å²) in [7, 11) is 0. The van der Waals surface area contributed by atoms with Crippen LogP contribution in [0.25, 0.3) is 21.5 Å². The molecule has 0 spiro atoms. The van der Waals surface area contributed by atoms with Gasteiger partial charge in [0.15, 0.2) is 0 Å². The summed E-state index contributed by atoms with van der Waals surface area (Å²) >= 11 is 0. The SMILES string of the molecule is Cc1cc(C)c([B-](c2ccccc2)(c2c(C)cc(C)cc2C)c2cc3ccccc3c3ccccc23)c(C)c1. The Morgan fingerprint density at radius 1 is 0.410 bits per heavy atom. The van der Waals surface area contributed by atoms with Crippen LogP contribution in [-0.2, 0) is 0 Å². The summed E-state index contributed by atoms with van der Waals surface area (Å²) in [4.78, 5) is 0. The van der Waals surface area contributed by atoms with Crippen LogP contribution in [0.1, 0.15) is 33.4 Å². The van der Waals surface area contributed by atoms with Crippen LogP contribution in [0, 0.1) is 41.5 Å². The van der Waals surface area contributed by atoms with Gasteiger partial charge in [0.1, 0.15) is 6.15 Å². The van der Waals surface area contributed by atoms with E-state index >= 15 is 0 Å². The Kier molecular flexibility index (Phi) is 6.19. The fraction of sp³-hybridized carbons (Fsp3) is 0.158. The zero-order valence-electron chi connectivity index (χ0n) is 24.0. The summed E-state index contributed by atoms with van der Waals surface area (Å²) in [5.74, 6) is 0. The van der Waals surface area contributed by atoms with Crippen molar-refractivity contribution < 1.29 is 0 Å². The molecule has 0 N–H and O–H groups in total. The molecule has 0 aromatic heterocycles. The Hall–Kier alpha value is -4.10. The average Bonchev–Trinajstić information content (AvgIpc) is 2.91. The van der Waals surface area contributed by atoms with E-state index in [1.165, 1.54) is 76.8 Å². The van der Waals surface area contributed by atoms with Crippen molar-refractivity contribution in [2.24, 2.45) is 0 Å². The van der Waals surface area contributed by atoms with Gasteiger partial charge in [-0.2, -0.15) is 21.9 Å². The van der Waals surface area contributed by atoms with E-state index < -0.39 is 6.15 Å². The van der Waals surface area contributed by atoms with Gasteiger partial charge in [0.2, 0.25) is 0 Å². The molecule has 0 bridgehead atoms. The highest BCUT2D eigenvalue weighted by atomic mass is 14.2. The van der Waals surface area contributed by atoms with Crippen molar-refractivity contribution in [1.82, 2.24) is 0 Å². The molecule has 0 nitrogen and oxygen atoms in total. The molecule has 6 rings (SSSR count). The second-order valence-corrected chi connectivity index (χ2v) is 11.6. The van der Waals surface area contributed by atoms with E-state index in [9.17, 15) is 0 Å². The van der Waals surface area contributed by atoms with Gasteiger partial charge in [-0.3, -0.25) is 0 Å². The highest BCUT2D eigenvalue weighted by molar-refractivity contribution is 7.21. The molecule has 1 heteroatoms. The van der Waals surface area contributed by atoms with E-state index in [2.05, 4.69) is 151 Å². The highest BCUT2D eigenvalue weighted by Gasteiger charge is 2.37. The Morgan fingerprint density at radius 2 is 0.846 bits per heavy atom. The van der Waals surface area contributed by atoms with Crippen molar-refractivity contribution in [3.05, 3.63) is 143 Å². The van der Waals surface area contributed by atoms with Gasteiger partial charge in [0, 0.05) is 0 Å². The highest BCUT2D eigenvalue weighted by Crippen LogP contribution is 2.28. The minimum absolute atomic E-state index is 1.29. The van der Waals surface area contributed by atoms with Gasteiger partial charge in [-0.05, 0) is 57.7 Å². The van der Waals surface area contributed by atoms with Crippen molar-refractivity contribution in [3.63, 3.8) is 0 Å². The summed E-state index contributed by atoms with van der Waals surface area (Å²) < 4.78 is 0. The van der Waals surface area contributed by atoms with Crippen LogP contribution >= 0.6 is 0 Å². The van der Waals surface area contributed by atoms with Crippen LogP contribution in [-0.4, -0.2) is 6.15 Å². The molecule has 0 heterocycles. The maximum absolute atomic E-state index is 2.50. The fourth-order valence-electron chi connectivity index (χ4n) is 7.90. The molecule has 0 aliphatic rings. The lowest BCUT2D eigenvalue weighted by Gasteiger charge is -2.49. The largest absolute Gasteiger partial charge is 0.195 e. The predicted octanol–water partition coefficient (Wildman–Crippen LogP) is 7.22. The maximum atomic E-state index is 2.50. The van der Waals surface area contributed by atoms with Gasteiger partial charge < -0.3 is 0 Å². The molecule has 0 radical (unpaired) electrons. The zero-order chi connectivity index (χ0) is 27.3. The zero-order valence-corrected chi connectivity index (χ0v) is 24.0. The topological polar surface area (TPSA) is 0 Å². The average molecular weight is 504 g/mol. The van der Waals surface area contributed by atoms with Crippen LogP contribution in [0.4, 0.5) is 0 Å². The minimum atomic E-state index is -1.54. The van der Waals surface area contributed by atoms with Gasteiger partial charge in [0.05, 0.1) is 0 Å². The number of benzene rings is 6. The molecule has 0 aliphatic carbocycles. The Labute approximate surface area is 233 Å². The molecule has 0 saturated heterocycles. The van der Waals surface area contributed by atoms with Crippen LogP contribution in [0.5, 0.6) is 0 Å². The molecule has 0 unspecified atom stereocenters. The first kappa shape index (κ1) is 25.2. The lowest BCUT2D eigenvalue weighted by atomic mass is 9.11. The molecule has 0 aliphatic heterocycles. The number of fused-ring (bicyclic) bond motifs is 3. The molecular weight excluding hydrogens is 467 g/mol.